The van der Waals surface area contributed by atoms with Crippen LogP contribution in [-0.2, 0) is 16.6 Å². The van der Waals surface area contributed by atoms with Crippen molar-refractivity contribution < 1.29 is 18.3 Å². The summed E-state index contributed by atoms with van der Waals surface area (Å²) in [5.74, 6) is -1.50. The zero-order valence-corrected chi connectivity index (χ0v) is 12.4. The standard InChI is InChI=1S/C13H17N3O4S/c1-2-16-8-10(6-12(16)13(17)18)21(19,20)15-11-5-3-4-9(11)7-14/h6,8-9,11,15H,2-5H2,1H3,(H,17,18). The maximum atomic E-state index is 12.3. The van der Waals surface area contributed by atoms with Crippen LogP contribution in [0.15, 0.2) is 17.2 Å². The van der Waals surface area contributed by atoms with Crippen molar-refractivity contribution in [2.24, 2.45) is 5.92 Å². The molecule has 1 heterocycles. The van der Waals surface area contributed by atoms with Crippen LogP contribution in [0.2, 0.25) is 0 Å². The van der Waals surface area contributed by atoms with Crippen molar-refractivity contribution in [1.82, 2.24) is 9.29 Å². The van der Waals surface area contributed by atoms with E-state index in [1.807, 2.05) is 0 Å². The zero-order chi connectivity index (χ0) is 15.6. The Balaban J connectivity index is 2.28. The Labute approximate surface area is 123 Å². The van der Waals surface area contributed by atoms with Crippen LogP contribution in [0.1, 0.15) is 36.7 Å². The number of rotatable bonds is 5. The summed E-state index contributed by atoms with van der Waals surface area (Å²) in [6, 6.07) is 2.85. The molecule has 0 aromatic carbocycles. The van der Waals surface area contributed by atoms with Gasteiger partial charge in [-0.25, -0.2) is 17.9 Å². The Morgan fingerprint density at radius 2 is 2.29 bits per heavy atom. The number of aromatic nitrogens is 1. The zero-order valence-electron chi connectivity index (χ0n) is 11.6. The van der Waals surface area contributed by atoms with Gasteiger partial charge in [0.25, 0.3) is 0 Å². The monoisotopic (exact) mass is 311 g/mol. The molecule has 1 aromatic rings. The number of aromatic carboxylic acids is 1. The number of sulfonamides is 1. The number of hydrogen-bond acceptors (Lipinski definition) is 4. The Bertz CT molecular complexity index is 687. The Hall–Kier alpha value is -1.85. The average molecular weight is 311 g/mol. The van der Waals surface area contributed by atoms with E-state index in [1.54, 1.807) is 6.92 Å². The molecule has 0 spiro atoms. The molecule has 0 aliphatic heterocycles. The molecule has 1 fully saturated rings. The van der Waals surface area contributed by atoms with Crippen LogP contribution in [0, 0.1) is 17.2 Å². The normalized spacial score (nSPS) is 22.1. The Morgan fingerprint density at radius 1 is 1.57 bits per heavy atom. The van der Waals surface area contributed by atoms with E-state index >= 15 is 0 Å². The van der Waals surface area contributed by atoms with E-state index in [-0.39, 0.29) is 16.5 Å². The highest BCUT2D eigenvalue weighted by molar-refractivity contribution is 7.89. The van der Waals surface area contributed by atoms with Crippen molar-refractivity contribution in [3.05, 3.63) is 18.0 Å². The number of carboxylic acid groups (broad SMARTS) is 1. The maximum Gasteiger partial charge on any atom is 0.352 e. The number of carboxylic acids is 1. The fraction of sp³-hybridized carbons (Fsp3) is 0.538. The topological polar surface area (TPSA) is 112 Å². The van der Waals surface area contributed by atoms with Gasteiger partial charge in [0.05, 0.1) is 12.0 Å². The lowest BCUT2D eigenvalue weighted by Gasteiger charge is -2.14. The molecule has 0 radical (unpaired) electrons. The Morgan fingerprint density at radius 3 is 2.81 bits per heavy atom. The van der Waals surface area contributed by atoms with Crippen LogP contribution in [0.25, 0.3) is 0 Å². The quantitative estimate of drug-likeness (QED) is 0.848. The first kappa shape index (κ1) is 15.5. The van der Waals surface area contributed by atoms with Crippen LogP contribution >= 0.6 is 0 Å². The molecule has 0 bridgehead atoms. The molecule has 2 unspecified atom stereocenters. The summed E-state index contributed by atoms with van der Waals surface area (Å²) >= 11 is 0. The van der Waals surface area contributed by atoms with Gasteiger partial charge in [0.2, 0.25) is 10.0 Å². The summed E-state index contributed by atoms with van der Waals surface area (Å²) in [7, 11) is -3.82. The molecule has 21 heavy (non-hydrogen) atoms. The summed E-state index contributed by atoms with van der Waals surface area (Å²) in [5.41, 5.74) is -0.0684. The lowest BCUT2D eigenvalue weighted by atomic mass is 10.1. The molecule has 2 N–H and O–H groups in total. The van der Waals surface area contributed by atoms with Crippen molar-refractivity contribution in [2.75, 3.05) is 0 Å². The minimum Gasteiger partial charge on any atom is -0.477 e. The van der Waals surface area contributed by atoms with Crippen molar-refractivity contribution in [3.8, 4) is 6.07 Å². The largest absolute Gasteiger partial charge is 0.477 e. The first-order valence-electron chi connectivity index (χ1n) is 6.74. The van der Waals surface area contributed by atoms with Gasteiger partial charge in [0, 0.05) is 18.8 Å². The van der Waals surface area contributed by atoms with Crippen LogP contribution in [-0.4, -0.2) is 30.1 Å². The minimum atomic E-state index is -3.82. The third kappa shape index (κ3) is 3.09. The van der Waals surface area contributed by atoms with Crippen molar-refractivity contribution in [2.45, 2.75) is 43.7 Å². The number of nitrogens with zero attached hydrogens (tertiary/aromatic N) is 2. The van der Waals surface area contributed by atoms with E-state index in [2.05, 4.69) is 10.8 Å². The molecule has 1 aromatic heterocycles. The van der Waals surface area contributed by atoms with Crippen molar-refractivity contribution >= 4 is 16.0 Å². The molecule has 8 heteroatoms. The van der Waals surface area contributed by atoms with Gasteiger partial charge < -0.3 is 9.67 Å². The molecule has 1 aliphatic carbocycles. The summed E-state index contributed by atoms with van der Waals surface area (Å²) in [6.07, 6.45) is 3.42. The molecule has 7 nitrogen and oxygen atoms in total. The van der Waals surface area contributed by atoms with Gasteiger partial charge in [-0.3, -0.25) is 0 Å². The molecular formula is C13H17N3O4S. The molecule has 0 amide bonds. The molecule has 2 atom stereocenters. The van der Waals surface area contributed by atoms with Crippen molar-refractivity contribution in [3.63, 3.8) is 0 Å². The van der Waals surface area contributed by atoms with E-state index in [0.717, 1.165) is 12.5 Å². The number of carbonyl (C=O) groups is 1. The lowest BCUT2D eigenvalue weighted by Crippen LogP contribution is -2.36. The van der Waals surface area contributed by atoms with Crippen LogP contribution in [0.3, 0.4) is 0 Å². The molecule has 1 aliphatic rings. The fourth-order valence-corrected chi connectivity index (χ4v) is 3.94. The average Bonchev–Trinajstić information content (AvgIpc) is 3.03. The molecule has 0 saturated heterocycles. The summed E-state index contributed by atoms with van der Waals surface area (Å²) in [4.78, 5) is 11.0. The molecule has 114 valence electrons. The maximum absolute atomic E-state index is 12.3. The minimum absolute atomic E-state index is 0.0684. The van der Waals surface area contributed by atoms with Crippen LogP contribution < -0.4 is 4.72 Å². The van der Waals surface area contributed by atoms with E-state index in [0.29, 0.717) is 19.4 Å². The van der Waals surface area contributed by atoms with Gasteiger partial charge >= 0.3 is 5.97 Å². The predicted molar refractivity (Wildman–Crippen MR) is 74.1 cm³/mol. The fourth-order valence-electron chi connectivity index (χ4n) is 2.59. The van der Waals surface area contributed by atoms with E-state index < -0.39 is 22.0 Å². The smallest absolute Gasteiger partial charge is 0.352 e. The third-order valence-corrected chi connectivity index (χ3v) is 5.19. The first-order chi connectivity index (χ1) is 9.89. The van der Waals surface area contributed by atoms with Gasteiger partial charge in [-0.2, -0.15) is 5.26 Å². The summed E-state index contributed by atoms with van der Waals surface area (Å²) in [6.45, 7) is 2.10. The SMILES string of the molecule is CCn1cc(S(=O)(=O)NC2CCCC2C#N)cc1C(=O)O. The van der Waals surface area contributed by atoms with E-state index in [4.69, 9.17) is 10.4 Å². The van der Waals surface area contributed by atoms with Gasteiger partial charge in [-0.05, 0) is 25.8 Å². The van der Waals surface area contributed by atoms with Gasteiger partial charge in [0.1, 0.15) is 10.6 Å². The number of nitrogens with one attached hydrogen (secondary N) is 1. The van der Waals surface area contributed by atoms with Crippen molar-refractivity contribution in [1.29, 1.82) is 5.26 Å². The second-order valence-corrected chi connectivity index (χ2v) is 6.76. The number of hydrogen-bond donors (Lipinski definition) is 2. The second-order valence-electron chi connectivity index (χ2n) is 5.05. The highest BCUT2D eigenvalue weighted by atomic mass is 32.2. The first-order valence-corrected chi connectivity index (χ1v) is 8.22. The third-order valence-electron chi connectivity index (χ3n) is 3.73. The van der Waals surface area contributed by atoms with Gasteiger partial charge in [0.15, 0.2) is 0 Å². The van der Waals surface area contributed by atoms with Gasteiger partial charge in [-0.1, -0.05) is 6.42 Å². The Kier molecular flexibility index (Phi) is 4.34. The predicted octanol–water partition coefficient (Wildman–Crippen LogP) is 1.18. The van der Waals surface area contributed by atoms with Crippen LogP contribution in [0.4, 0.5) is 0 Å². The summed E-state index contributed by atoms with van der Waals surface area (Å²) in [5, 5.41) is 18.1. The second kappa shape index (κ2) is 5.87. The molecular weight excluding hydrogens is 294 g/mol. The highest BCUT2D eigenvalue weighted by Crippen LogP contribution is 2.26. The number of aryl methyl sites for hydroxylation is 1. The van der Waals surface area contributed by atoms with E-state index in [9.17, 15) is 13.2 Å². The molecule has 2 rings (SSSR count). The van der Waals surface area contributed by atoms with Crippen LogP contribution in [0.5, 0.6) is 0 Å². The highest BCUT2D eigenvalue weighted by Gasteiger charge is 2.32. The van der Waals surface area contributed by atoms with Gasteiger partial charge in [-0.15, -0.1) is 0 Å². The lowest BCUT2D eigenvalue weighted by molar-refractivity contribution is 0.0685. The molecule has 1 saturated carbocycles. The van der Waals surface area contributed by atoms with E-state index in [1.165, 1.54) is 10.8 Å². The number of nitriles is 1. The summed E-state index contributed by atoms with van der Waals surface area (Å²) < 4.78 is 28.5.